The molecule has 4 heterocycles. The third kappa shape index (κ3) is 3.40. The number of para-hydroxylation sites is 1. The molecule has 0 saturated carbocycles. The monoisotopic (exact) mass is 403 g/mol. The van der Waals surface area contributed by atoms with Gasteiger partial charge in [0, 0.05) is 18.7 Å². The van der Waals surface area contributed by atoms with Crippen molar-refractivity contribution >= 4 is 16.6 Å². The SMILES string of the molecule is COC1(COc2cccc3ccc(-c4nnc5cc(C)ccn45)nc23)CCNCC1. The molecule has 0 amide bonds. The third-order valence-electron chi connectivity index (χ3n) is 5.92. The van der Waals surface area contributed by atoms with Crippen LogP contribution in [0.5, 0.6) is 5.75 Å². The highest BCUT2D eigenvalue weighted by atomic mass is 16.5. The van der Waals surface area contributed by atoms with E-state index in [1.807, 2.05) is 53.9 Å². The number of aryl methyl sites for hydroxylation is 1. The Morgan fingerprint density at radius 3 is 2.80 bits per heavy atom. The summed E-state index contributed by atoms with van der Waals surface area (Å²) < 4.78 is 14.1. The zero-order valence-corrected chi connectivity index (χ0v) is 17.3. The second-order valence-electron chi connectivity index (χ2n) is 7.91. The second-order valence-corrected chi connectivity index (χ2v) is 7.91. The van der Waals surface area contributed by atoms with E-state index in [2.05, 4.69) is 21.6 Å². The summed E-state index contributed by atoms with van der Waals surface area (Å²) in [6, 6.07) is 14.1. The minimum Gasteiger partial charge on any atom is -0.488 e. The average Bonchev–Trinajstić information content (AvgIpc) is 3.21. The molecule has 5 rings (SSSR count). The Morgan fingerprint density at radius 1 is 1.10 bits per heavy atom. The van der Waals surface area contributed by atoms with Crippen LogP contribution in [-0.2, 0) is 4.74 Å². The van der Waals surface area contributed by atoms with E-state index in [1.165, 1.54) is 0 Å². The smallest absolute Gasteiger partial charge is 0.187 e. The van der Waals surface area contributed by atoms with Crippen LogP contribution in [0, 0.1) is 6.92 Å². The van der Waals surface area contributed by atoms with E-state index in [-0.39, 0.29) is 5.60 Å². The number of hydrogen-bond acceptors (Lipinski definition) is 6. The number of benzene rings is 1. The highest BCUT2D eigenvalue weighted by molar-refractivity contribution is 5.86. The van der Waals surface area contributed by atoms with Gasteiger partial charge in [-0.25, -0.2) is 4.98 Å². The first-order valence-electron chi connectivity index (χ1n) is 10.3. The van der Waals surface area contributed by atoms with Crippen molar-refractivity contribution in [2.75, 3.05) is 26.8 Å². The van der Waals surface area contributed by atoms with Gasteiger partial charge in [-0.05, 0) is 62.7 Å². The van der Waals surface area contributed by atoms with Crippen molar-refractivity contribution in [2.45, 2.75) is 25.4 Å². The van der Waals surface area contributed by atoms with Crippen LogP contribution < -0.4 is 10.1 Å². The van der Waals surface area contributed by atoms with Gasteiger partial charge in [0.1, 0.15) is 29.2 Å². The lowest BCUT2D eigenvalue weighted by Gasteiger charge is -2.36. The maximum atomic E-state index is 6.27. The highest BCUT2D eigenvalue weighted by Gasteiger charge is 2.33. The zero-order valence-electron chi connectivity index (χ0n) is 17.3. The fourth-order valence-corrected chi connectivity index (χ4v) is 4.03. The molecule has 0 radical (unpaired) electrons. The van der Waals surface area contributed by atoms with Crippen molar-refractivity contribution in [1.29, 1.82) is 0 Å². The first-order chi connectivity index (χ1) is 14.7. The quantitative estimate of drug-likeness (QED) is 0.551. The first-order valence-corrected chi connectivity index (χ1v) is 10.3. The number of pyridine rings is 2. The van der Waals surface area contributed by atoms with Crippen molar-refractivity contribution in [3.8, 4) is 17.3 Å². The lowest BCUT2D eigenvalue weighted by molar-refractivity contribution is -0.0638. The van der Waals surface area contributed by atoms with E-state index >= 15 is 0 Å². The molecule has 1 aliphatic rings. The lowest BCUT2D eigenvalue weighted by Crippen LogP contribution is -2.47. The number of hydrogen-bond donors (Lipinski definition) is 1. The molecule has 154 valence electrons. The number of aromatic nitrogens is 4. The Morgan fingerprint density at radius 2 is 1.97 bits per heavy atom. The minimum atomic E-state index is -0.258. The summed E-state index contributed by atoms with van der Waals surface area (Å²) in [5, 5.41) is 13.1. The molecule has 4 aromatic rings. The normalized spacial score (nSPS) is 16.2. The van der Waals surface area contributed by atoms with Crippen molar-refractivity contribution in [2.24, 2.45) is 0 Å². The van der Waals surface area contributed by atoms with Gasteiger partial charge in [0.25, 0.3) is 0 Å². The summed E-state index contributed by atoms with van der Waals surface area (Å²) in [4.78, 5) is 4.90. The van der Waals surface area contributed by atoms with Gasteiger partial charge >= 0.3 is 0 Å². The average molecular weight is 403 g/mol. The summed E-state index contributed by atoms with van der Waals surface area (Å²) in [7, 11) is 1.77. The van der Waals surface area contributed by atoms with E-state index in [0.717, 1.165) is 59.5 Å². The molecule has 1 saturated heterocycles. The molecule has 1 fully saturated rings. The van der Waals surface area contributed by atoms with Crippen molar-refractivity contribution in [3.05, 3.63) is 54.2 Å². The number of rotatable bonds is 5. The van der Waals surface area contributed by atoms with Crippen LogP contribution in [0.1, 0.15) is 18.4 Å². The van der Waals surface area contributed by atoms with Gasteiger partial charge in [0.15, 0.2) is 11.5 Å². The van der Waals surface area contributed by atoms with Crippen LogP contribution >= 0.6 is 0 Å². The maximum Gasteiger partial charge on any atom is 0.187 e. The Kier molecular flexibility index (Phi) is 4.84. The first kappa shape index (κ1) is 19.0. The van der Waals surface area contributed by atoms with Crippen LogP contribution in [0.4, 0.5) is 0 Å². The summed E-state index contributed by atoms with van der Waals surface area (Å²) in [6.45, 7) is 4.42. The topological polar surface area (TPSA) is 73.6 Å². The zero-order chi connectivity index (χ0) is 20.6. The number of nitrogens with zero attached hydrogens (tertiary/aromatic N) is 4. The molecule has 3 aromatic heterocycles. The van der Waals surface area contributed by atoms with E-state index in [0.29, 0.717) is 12.4 Å². The van der Waals surface area contributed by atoms with Gasteiger partial charge in [0.2, 0.25) is 0 Å². The molecule has 1 N–H and O–H groups in total. The third-order valence-corrected chi connectivity index (χ3v) is 5.92. The Labute approximate surface area is 175 Å². The van der Waals surface area contributed by atoms with Gasteiger partial charge in [-0.2, -0.15) is 0 Å². The van der Waals surface area contributed by atoms with Gasteiger partial charge < -0.3 is 14.8 Å². The summed E-state index contributed by atoms with van der Waals surface area (Å²) in [6.07, 6.45) is 3.84. The van der Waals surface area contributed by atoms with E-state index in [9.17, 15) is 0 Å². The number of ether oxygens (including phenoxy) is 2. The van der Waals surface area contributed by atoms with Crippen molar-refractivity contribution in [3.63, 3.8) is 0 Å². The fourth-order valence-electron chi connectivity index (χ4n) is 4.03. The number of piperidine rings is 1. The Hall–Kier alpha value is -3.03. The Balaban J connectivity index is 1.51. The molecule has 0 aliphatic carbocycles. The van der Waals surface area contributed by atoms with E-state index in [1.54, 1.807) is 7.11 Å². The predicted molar refractivity (Wildman–Crippen MR) is 116 cm³/mol. The molecular weight excluding hydrogens is 378 g/mol. The predicted octanol–water partition coefficient (Wildman–Crippen LogP) is 3.40. The number of fused-ring (bicyclic) bond motifs is 2. The lowest BCUT2D eigenvalue weighted by atomic mass is 9.93. The van der Waals surface area contributed by atoms with Gasteiger partial charge in [0.05, 0.1) is 0 Å². The van der Waals surface area contributed by atoms with Crippen LogP contribution in [-0.4, -0.2) is 52.0 Å². The highest BCUT2D eigenvalue weighted by Crippen LogP contribution is 2.30. The van der Waals surface area contributed by atoms with E-state index < -0.39 is 0 Å². The molecule has 7 heteroatoms. The van der Waals surface area contributed by atoms with Crippen LogP contribution in [0.15, 0.2) is 48.7 Å². The molecule has 30 heavy (non-hydrogen) atoms. The second kappa shape index (κ2) is 7.66. The number of nitrogens with one attached hydrogen (secondary N) is 1. The molecule has 0 unspecified atom stereocenters. The van der Waals surface area contributed by atoms with Crippen LogP contribution in [0.25, 0.3) is 28.1 Å². The molecule has 7 nitrogen and oxygen atoms in total. The summed E-state index contributed by atoms with van der Waals surface area (Å²) in [5.74, 6) is 1.47. The van der Waals surface area contributed by atoms with Gasteiger partial charge in [-0.1, -0.05) is 18.2 Å². The minimum absolute atomic E-state index is 0.258. The molecule has 1 aromatic carbocycles. The molecule has 0 atom stereocenters. The van der Waals surface area contributed by atoms with Crippen LogP contribution in [0.2, 0.25) is 0 Å². The van der Waals surface area contributed by atoms with Crippen LogP contribution in [0.3, 0.4) is 0 Å². The largest absolute Gasteiger partial charge is 0.488 e. The summed E-state index contributed by atoms with van der Waals surface area (Å²) in [5.41, 5.74) is 3.28. The fraction of sp³-hybridized carbons (Fsp3) is 0.348. The van der Waals surface area contributed by atoms with Crippen molar-refractivity contribution in [1.82, 2.24) is 24.9 Å². The van der Waals surface area contributed by atoms with E-state index in [4.69, 9.17) is 14.5 Å². The molecular formula is C23H25N5O2. The molecule has 0 bridgehead atoms. The molecule has 1 aliphatic heterocycles. The van der Waals surface area contributed by atoms with Crippen molar-refractivity contribution < 1.29 is 9.47 Å². The standard InChI is InChI=1S/C23H25N5O2/c1-16-8-13-28-20(14-16)26-27-22(28)18-7-6-17-4-3-5-19(21(17)25-18)30-15-23(29-2)9-11-24-12-10-23/h3-8,13-14,24H,9-12,15H2,1-2H3. The maximum absolute atomic E-state index is 6.27. The Bertz CT molecular complexity index is 1200. The number of methoxy groups -OCH3 is 1. The summed E-state index contributed by atoms with van der Waals surface area (Å²) >= 11 is 0. The van der Waals surface area contributed by atoms with Gasteiger partial charge in [-0.3, -0.25) is 4.40 Å². The molecule has 0 spiro atoms. The van der Waals surface area contributed by atoms with Gasteiger partial charge in [-0.15, -0.1) is 10.2 Å².